The van der Waals surface area contributed by atoms with Crippen molar-refractivity contribution in [2.75, 3.05) is 6.54 Å². The SMILES string of the molecule is OC1CC=NNC1. The largest absolute Gasteiger partial charge is 0.391 e. The average Bonchev–Trinajstić information content (AvgIpc) is 1.69. The molecule has 0 saturated heterocycles. The number of aliphatic hydroxyl groups is 1. The highest BCUT2D eigenvalue weighted by Gasteiger charge is 2.02. The van der Waals surface area contributed by atoms with Crippen LogP contribution in [0.2, 0.25) is 0 Å². The van der Waals surface area contributed by atoms with Crippen LogP contribution in [0.1, 0.15) is 6.42 Å². The molecule has 0 bridgehead atoms. The van der Waals surface area contributed by atoms with Gasteiger partial charge in [0.1, 0.15) is 0 Å². The molecule has 7 heavy (non-hydrogen) atoms. The fourth-order valence-electron chi connectivity index (χ4n) is 0.480. The van der Waals surface area contributed by atoms with Crippen molar-refractivity contribution in [2.45, 2.75) is 12.5 Å². The van der Waals surface area contributed by atoms with Crippen LogP contribution in [0.25, 0.3) is 0 Å². The van der Waals surface area contributed by atoms with Gasteiger partial charge in [-0.25, -0.2) is 0 Å². The summed E-state index contributed by atoms with van der Waals surface area (Å²) in [6, 6.07) is 0. The summed E-state index contributed by atoms with van der Waals surface area (Å²) in [5.74, 6) is 0. The first-order chi connectivity index (χ1) is 3.39. The van der Waals surface area contributed by atoms with Crippen LogP contribution in [0.5, 0.6) is 0 Å². The first-order valence-electron chi connectivity index (χ1n) is 2.32. The lowest BCUT2D eigenvalue weighted by Gasteiger charge is -2.10. The quantitative estimate of drug-likeness (QED) is 0.424. The third-order valence-electron chi connectivity index (χ3n) is 0.887. The van der Waals surface area contributed by atoms with E-state index in [-0.39, 0.29) is 6.10 Å². The van der Waals surface area contributed by atoms with Crippen molar-refractivity contribution in [3.05, 3.63) is 0 Å². The summed E-state index contributed by atoms with van der Waals surface area (Å²) in [6.07, 6.45) is 2.14. The zero-order chi connectivity index (χ0) is 5.11. The first kappa shape index (κ1) is 4.59. The molecular formula is C4H8N2O. The number of nitrogens with zero attached hydrogens (tertiary/aromatic N) is 1. The number of aliphatic hydroxyl groups excluding tert-OH is 1. The normalized spacial score (nSPS) is 29.6. The second-order valence-corrected chi connectivity index (χ2v) is 1.56. The highest BCUT2D eigenvalue weighted by atomic mass is 16.3. The molecule has 0 amide bonds. The molecule has 0 spiro atoms. The van der Waals surface area contributed by atoms with Crippen molar-refractivity contribution < 1.29 is 5.11 Å². The topological polar surface area (TPSA) is 44.6 Å². The Bertz CT molecular complexity index is 81.8. The molecule has 3 nitrogen and oxygen atoms in total. The van der Waals surface area contributed by atoms with Crippen LogP contribution in [0.4, 0.5) is 0 Å². The molecule has 2 N–H and O–H groups in total. The van der Waals surface area contributed by atoms with E-state index in [1.54, 1.807) is 6.21 Å². The van der Waals surface area contributed by atoms with E-state index in [2.05, 4.69) is 10.5 Å². The Morgan fingerprint density at radius 3 is 3.00 bits per heavy atom. The van der Waals surface area contributed by atoms with Gasteiger partial charge in [0.25, 0.3) is 0 Å². The Morgan fingerprint density at radius 1 is 1.86 bits per heavy atom. The molecule has 0 aromatic heterocycles. The van der Waals surface area contributed by atoms with Crippen molar-refractivity contribution in [3.63, 3.8) is 0 Å². The fraction of sp³-hybridized carbons (Fsp3) is 0.750. The van der Waals surface area contributed by atoms with E-state index in [0.717, 1.165) is 0 Å². The Kier molecular flexibility index (Phi) is 1.26. The van der Waals surface area contributed by atoms with E-state index in [1.165, 1.54) is 0 Å². The lowest BCUT2D eigenvalue weighted by molar-refractivity contribution is 0.175. The van der Waals surface area contributed by atoms with Gasteiger partial charge in [-0.05, 0) is 0 Å². The van der Waals surface area contributed by atoms with Crippen LogP contribution in [-0.2, 0) is 0 Å². The molecule has 1 rings (SSSR count). The Balaban J connectivity index is 2.32. The molecule has 0 aliphatic carbocycles. The third-order valence-corrected chi connectivity index (χ3v) is 0.887. The minimum atomic E-state index is -0.225. The molecule has 1 unspecified atom stereocenters. The van der Waals surface area contributed by atoms with Gasteiger partial charge >= 0.3 is 0 Å². The molecule has 1 aliphatic rings. The van der Waals surface area contributed by atoms with Crippen molar-refractivity contribution in [1.29, 1.82) is 0 Å². The number of nitrogens with one attached hydrogen (secondary N) is 1. The minimum Gasteiger partial charge on any atom is -0.391 e. The Morgan fingerprint density at radius 2 is 2.71 bits per heavy atom. The summed E-state index contributed by atoms with van der Waals surface area (Å²) in [4.78, 5) is 0. The van der Waals surface area contributed by atoms with E-state index in [9.17, 15) is 0 Å². The monoisotopic (exact) mass is 100 g/mol. The highest BCUT2D eigenvalue weighted by molar-refractivity contribution is 5.58. The second-order valence-electron chi connectivity index (χ2n) is 1.56. The van der Waals surface area contributed by atoms with Gasteiger partial charge in [0.15, 0.2) is 0 Å². The number of β-amino-alcohol motifs (C(OH)–C–C–N with tert-alkyl or cyclic N) is 1. The molecule has 0 aromatic rings. The van der Waals surface area contributed by atoms with E-state index in [1.807, 2.05) is 0 Å². The van der Waals surface area contributed by atoms with Crippen LogP contribution in [0, 0.1) is 0 Å². The highest BCUT2D eigenvalue weighted by Crippen LogP contribution is 1.89. The van der Waals surface area contributed by atoms with Crippen molar-refractivity contribution in [2.24, 2.45) is 5.10 Å². The summed E-state index contributed by atoms with van der Waals surface area (Å²) in [5, 5.41) is 12.4. The van der Waals surface area contributed by atoms with Gasteiger partial charge in [-0.15, -0.1) is 0 Å². The maximum absolute atomic E-state index is 8.76. The average molecular weight is 100 g/mol. The van der Waals surface area contributed by atoms with Crippen molar-refractivity contribution >= 4 is 6.21 Å². The smallest absolute Gasteiger partial charge is 0.0779 e. The molecular weight excluding hydrogens is 92.1 g/mol. The van der Waals surface area contributed by atoms with Gasteiger partial charge in [-0.1, -0.05) is 0 Å². The molecule has 0 aromatic carbocycles. The second kappa shape index (κ2) is 1.93. The van der Waals surface area contributed by atoms with E-state index < -0.39 is 0 Å². The van der Waals surface area contributed by atoms with Crippen molar-refractivity contribution in [3.8, 4) is 0 Å². The maximum Gasteiger partial charge on any atom is 0.0779 e. The van der Waals surface area contributed by atoms with E-state index in [0.29, 0.717) is 13.0 Å². The van der Waals surface area contributed by atoms with Gasteiger partial charge in [0.2, 0.25) is 0 Å². The standard InChI is InChI=1S/C4H8N2O/c7-4-1-2-5-6-3-4/h2,4,6-7H,1,3H2. The van der Waals surface area contributed by atoms with Crippen LogP contribution >= 0.6 is 0 Å². The van der Waals surface area contributed by atoms with Crippen molar-refractivity contribution in [1.82, 2.24) is 5.43 Å². The predicted molar refractivity (Wildman–Crippen MR) is 27.1 cm³/mol. The lowest BCUT2D eigenvalue weighted by atomic mass is 10.2. The van der Waals surface area contributed by atoms with Gasteiger partial charge in [0.05, 0.1) is 12.6 Å². The molecule has 40 valence electrons. The molecule has 1 heterocycles. The summed E-state index contributed by atoms with van der Waals surface area (Å²) < 4.78 is 0. The lowest BCUT2D eigenvalue weighted by Crippen LogP contribution is -2.27. The van der Waals surface area contributed by atoms with Gasteiger partial charge in [-0.2, -0.15) is 5.10 Å². The molecule has 1 atom stereocenters. The minimum absolute atomic E-state index is 0.225. The predicted octanol–water partition coefficient (Wildman–Crippen LogP) is -0.674. The molecule has 0 saturated carbocycles. The summed E-state index contributed by atoms with van der Waals surface area (Å²) in [7, 11) is 0. The Labute approximate surface area is 42.0 Å². The zero-order valence-electron chi connectivity index (χ0n) is 3.96. The third kappa shape index (κ3) is 1.16. The fourth-order valence-corrected chi connectivity index (χ4v) is 0.480. The number of hydrogen-bond acceptors (Lipinski definition) is 3. The first-order valence-corrected chi connectivity index (χ1v) is 2.32. The van der Waals surface area contributed by atoms with Gasteiger partial charge < -0.3 is 10.5 Å². The number of hydrazone groups is 1. The molecule has 3 heteroatoms. The van der Waals surface area contributed by atoms with Crippen LogP contribution in [-0.4, -0.2) is 24.0 Å². The van der Waals surface area contributed by atoms with Gasteiger partial charge in [-0.3, -0.25) is 0 Å². The number of hydrogen-bond donors (Lipinski definition) is 2. The Hall–Kier alpha value is -0.570. The zero-order valence-corrected chi connectivity index (χ0v) is 3.96. The molecule has 0 fully saturated rings. The van der Waals surface area contributed by atoms with Crippen LogP contribution < -0.4 is 5.43 Å². The van der Waals surface area contributed by atoms with Gasteiger partial charge in [0, 0.05) is 12.6 Å². The number of rotatable bonds is 0. The molecule has 1 aliphatic heterocycles. The summed E-state index contributed by atoms with van der Waals surface area (Å²) in [6.45, 7) is 0.594. The van der Waals surface area contributed by atoms with E-state index in [4.69, 9.17) is 5.11 Å². The molecule has 0 radical (unpaired) electrons. The maximum atomic E-state index is 8.76. The summed E-state index contributed by atoms with van der Waals surface area (Å²) >= 11 is 0. The summed E-state index contributed by atoms with van der Waals surface area (Å²) in [5.41, 5.74) is 2.65. The van der Waals surface area contributed by atoms with E-state index >= 15 is 0 Å². The van der Waals surface area contributed by atoms with Crippen LogP contribution in [0.15, 0.2) is 5.10 Å². The van der Waals surface area contributed by atoms with Crippen LogP contribution in [0.3, 0.4) is 0 Å².